The summed E-state index contributed by atoms with van der Waals surface area (Å²) in [5.74, 6) is 2.07. The Hall–Kier alpha value is -3.19. The molecule has 1 saturated heterocycles. The molecule has 0 N–H and O–H groups in total. The lowest BCUT2D eigenvalue weighted by molar-refractivity contribution is -0.137. The zero-order valence-electron chi connectivity index (χ0n) is 19.2. The molecule has 1 aliphatic heterocycles. The van der Waals surface area contributed by atoms with Crippen LogP contribution in [0.5, 0.6) is 0 Å². The highest BCUT2D eigenvalue weighted by atomic mass is 35.5. The summed E-state index contributed by atoms with van der Waals surface area (Å²) in [4.78, 5) is 22.5. The lowest BCUT2D eigenvalue weighted by atomic mass is 10.0. The van der Waals surface area contributed by atoms with E-state index in [0.717, 1.165) is 59.8 Å². The van der Waals surface area contributed by atoms with E-state index in [4.69, 9.17) is 16.6 Å². The van der Waals surface area contributed by atoms with Gasteiger partial charge in [0.15, 0.2) is 11.5 Å². The van der Waals surface area contributed by atoms with E-state index in [-0.39, 0.29) is 12.0 Å². The molecule has 1 saturated carbocycles. The zero-order valence-corrected chi connectivity index (χ0v) is 19.9. The molecule has 1 atom stereocenters. The van der Waals surface area contributed by atoms with Crippen LogP contribution in [0.15, 0.2) is 48.5 Å². The number of aromatic nitrogens is 4. The smallest absolute Gasteiger partial charge is 0.226 e. The highest BCUT2D eigenvalue weighted by molar-refractivity contribution is 6.30. The fourth-order valence-corrected chi connectivity index (χ4v) is 5.56. The molecule has 7 nitrogen and oxygen atoms in total. The molecule has 2 aromatic carbocycles. The second-order valence-corrected chi connectivity index (χ2v) is 9.86. The molecule has 0 bridgehead atoms. The van der Waals surface area contributed by atoms with Crippen LogP contribution in [-0.2, 0) is 4.79 Å². The minimum atomic E-state index is 0.112. The van der Waals surface area contributed by atoms with E-state index in [1.54, 1.807) is 0 Å². The average molecular weight is 475 g/mol. The Balaban J connectivity index is 1.41. The number of amides is 1. The summed E-state index contributed by atoms with van der Waals surface area (Å²) in [6.45, 7) is 4.28. The van der Waals surface area contributed by atoms with Crippen molar-refractivity contribution in [3.8, 4) is 11.4 Å². The summed E-state index contributed by atoms with van der Waals surface area (Å²) >= 11 is 6.13. The third kappa shape index (κ3) is 3.59. The van der Waals surface area contributed by atoms with E-state index < -0.39 is 0 Å². The second-order valence-electron chi connectivity index (χ2n) is 9.43. The number of fused-ring (bicyclic) bond motifs is 3. The highest BCUT2D eigenvalue weighted by Gasteiger charge is 2.34. The summed E-state index contributed by atoms with van der Waals surface area (Å²) in [5.41, 5.74) is 2.60. The van der Waals surface area contributed by atoms with Crippen molar-refractivity contribution in [2.75, 3.05) is 24.5 Å². The summed E-state index contributed by atoms with van der Waals surface area (Å²) < 4.78 is 2.05. The largest absolute Gasteiger partial charge is 0.338 e. The van der Waals surface area contributed by atoms with Crippen molar-refractivity contribution in [2.45, 2.75) is 38.6 Å². The molecule has 3 heterocycles. The van der Waals surface area contributed by atoms with Gasteiger partial charge in [0.1, 0.15) is 0 Å². The Morgan fingerprint density at radius 1 is 1.00 bits per heavy atom. The number of piperazine rings is 1. The Morgan fingerprint density at radius 2 is 1.76 bits per heavy atom. The molecule has 174 valence electrons. The first kappa shape index (κ1) is 21.4. The fourth-order valence-electron chi connectivity index (χ4n) is 5.44. The number of para-hydroxylation sites is 1. The maximum absolute atomic E-state index is 13.1. The maximum atomic E-state index is 13.1. The molecular weight excluding hydrogens is 448 g/mol. The number of anilines is 1. The zero-order chi connectivity index (χ0) is 23.2. The molecule has 2 aliphatic rings. The molecule has 0 unspecified atom stereocenters. The normalized spacial score (nSPS) is 19.4. The van der Waals surface area contributed by atoms with Crippen molar-refractivity contribution < 1.29 is 4.79 Å². The minimum Gasteiger partial charge on any atom is -0.338 e. The summed E-state index contributed by atoms with van der Waals surface area (Å²) in [5, 5.41) is 10.8. The first-order chi connectivity index (χ1) is 16.6. The first-order valence-corrected chi connectivity index (χ1v) is 12.4. The van der Waals surface area contributed by atoms with E-state index in [1.807, 2.05) is 52.9 Å². The van der Waals surface area contributed by atoms with Gasteiger partial charge in [-0.15, -0.1) is 10.2 Å². The number of halogens is 1. The van der Waals surface area contributed by atoms with Crippen LogP contribution < -0.4 is 4.90 Å². The van der Waals surface area contributed by atoms with Gasteiger partial charge >= 0.3 is 0 Å². The number of benzene rings is 2. The molecule has 1 aliphatic carbocycles. The Kier molecular flexibility index (Phi) is 5.37. The number of carbonyl (C=O) groups is 1. The van der Waals surface area contributed by atoms with E-state index in [2.05, 4.69) is 26.9 Å². The Morgan fingerprint density at radius 3 is 2.53 bits per heavy atom. The third-order valence-electron chi connectivity index (χ3n) is 7.23. The van der Waals surface area contributed by atoms with Crippen LogP contribution >= 0.6 is 11.6 Å². The molecular formula is C26H27ClN6O. The molecule has 8 heteroatoms. The van der Waals surface area contributed by atoms with Gasteiger partial charge in [-0.1, -0.05) is 36.6 Å². The molecule has 2 aromatic heterocycles. The monoisotopic (exact) mass is 474 g/mol. The van der Waals surface area contributed by atoms with Gasteiger partial charge in [0.25, 0.3) is 0 Å². The van der Waals surface area contributed by atoms with Crippen molar-refractivity contribution >= 4 is 40.0 Å². The summed E-state index contributed by atoms with van der Waals surface area (Å²) in [6, 6.07) is 15.8. The van der Waals surface area contributed by atoms with Crippen LogP contribution in [0, 0.1) is 5.92 Å². The van der Waals surface area contributed by atoms with Crippen LogP contribution in [-0.4, -0.2) is 56.1 Å². The quantitative estimate of drug-likeness (QED) is 0.425. The van der Waals surface area contributed by atoms with Gasteiger partial charge in [-0.2, -0.15) is 0 Å². The van der Waals surface area contributed by atoms with Crippen molar-refractivity contribution in [1.82, 2.24) is 24.5 Å². The SMILES string of the molecule is C[C@@H]1CN(c2nc3ccccc3c3nnc(-c4ccc(Cl)cc4)n23)CCN1C(=O)C1CCCC1. The van der Waals surface area contributed by atoms with E-state index in [0.29, 0.717) is 17.5 Å². The van der Waals surface area contributed by atoms with Gasteiger partial charge in [0.05, 0.1) is 5.52 Å². The van der Waals surface area contributed by atoms with Crippen molar-refractivity contribution in [2.24, 2.45) is 5.92 Å². The van der Waals surface area contributed by atoms with Crippen molar-refractivity contribution in [3.63, 3.8) is 0 Å². The Bertz CT molecular complexity index is 1360. The van der Waals surface area contributed by atoms with Gasteiger partial charge in [0.2, 0.25) is 11.9 Å². The van der Waals surface area contributed by atoms with Crippen LogP contribution in [0.4, 0.5) is 5.95 Å². The van der Waals surface area contributed by atoms with Crippen LogP contribution in [0.3, 0.4) is 0 Å². The number of rotatable bonds is 3. The number of carbonyl (C=O) groups excluding carboxylic acids is 1. The topological polar surface area (TPSA) is 66.6 Å². The summed E-state index contributed by atoms with van der Waals surface area (Å²) in [7, 11) is 0. The molecule has 34 heavy (non-hydrogen) atoms. The summed E-state index contributed by atoms with van der Waals surface area (Å²) in [6.07, 6.45) is 4.41. The van der Waals surface area contributed by atoms with Crippen molar-refractivity contribution in [3.05, 3.63) is 53.6 Å². The van der Waals surface area contributed by atoms with Gasteiger partial charge < -0.3 is 9.80 Å². The lowest BCUT2D eigenvalue weighted by Gasteiger charge is -2.41. The van der Waals surface area contributed by atoms with Gasteiger partial charge in [-0.3, -0.25) is 4.79 Å². The first-order valence-electron chi connectivity index (χ1n) is 12.1. The molecule has 4 aromatic rings. The van der Waals surface area contributed by atoms with Gasteiger partial charge in [-0.05, 0) is 56.2 Å². The molecule has 0 spiro atoms. The van der Waals surface area contributed by atoms with E-state index in [9.17, 15) is 4.79 Å². The fraction of sp³-hybridized carbons (Fsp3) is 0.385. The average Bonchev–Trinajstić information content (AvgIpc) is 3.55. The standard InChI is InChI=1S/C26H27ClN6O/c1-17-16-31(14-15-32(17)25(34)19-6-2-3-7-19)26-28-22-9-5-4-8-21(22)24-30-29-23(33(24)26)18-10-12-20(27)13-11-18/h4-5,8-13,17,19H,2-3,6-7,14-16H2,1H3/t17-/m1/s1. The molecule has 2 fully saturated rings. The van der Waals surface area contributed by atoms with Crippen molar-refractivity contribution in [1.29, 1.82) is 0 Å². The van der Waals surface area contributed by atoms with Crippen LogP contribution in [0.2, 0.25) is 5.02 Å². The number of hydrogen-bond acceptors (Lipinski definition) is 5. The maximum Gasteiger partial charge on any atom is 0.226 e. The predicted molar refractivity (Wildman–Crippen MR) is 134 cm³/mol. The van der Waals surface area contributed by atoms with E-state index in [1.165, 1.54) is 12.8 Å². The van der Waals surface area contributed by atoms with Gasteiger partial charge in [-0.25, -0.2) is 9.38 Å². The third-order valence-corrected chi connectivity index (χ3v) is 7.48. The number of hydrogen-bond donors (Lipinski definition) is 0. The van der Waals surface area contributed by atoms with Crippen LogP contribution in [0.25, 0.3) is 27.9 Å². The molecule has 0 radical (unpaired) electrons. The molecule has 6 rings (SSSR count). The van der Waals surface area contributed by atoms with E-state index >= 15 is 0 Å². The lowest BCUT2D eigenvalue weighted by Crippen LogP contribution is -2.55. The molecule has 1 amide bonds. The van der Waals surface area contributed by atoms with Gasteiger partial charge in [0, 0.05) is 47.6 Å². The Labute approximate surface area is 203 Å². The van der Waals surface area contributed by atoms with Crippen LogP contribution in [0.1, 0.15) is 32.6 Å². The number of nitrogens with zero attached hydrogens (tertiary/aromatic N) is 6. The minimum absolute atomic E-state index is 0.112. The second kappa shape index (κ2) is 8.55. The highest BCUT2D eigenvalue weighted by Crippen LogP contribution is 2.31. The predicted octanol–water partition coefficient (Wildman–Crippen LogP) is 4.83.